The molecule has 0 heterocycles. The number of nitrogens with one attached hydrogen (secondary N) is 1. The predicted octanol–water partition coefficient (Wildman–Crippen LogP) is 1.74. The van der Waals surface area contributed by atoms with Crippen LogP contribution in [0.4, 0.5) is 5.69 Å². The second-order valence-corrected chi connectivity index (χ2v) is 2.89. The average Bonchev–Trinajstić information content (AvgIpc) is 2.08. The van der Waals surface area contributed by atoms with E-state index in [0.29, 0.717) is 6.61 Å². The number of hydrogen-bond acceptors (Lipinski definition) is 2. The summed E-state index contributed by atoms with van der Waals surface area (Å²) in [6.07, 6.45) is 0. The Morgan fingerprint density at radius 3 is 2.54 bits per heavy atom. The molecule has 1 rings (SSSR count). The van der Waals surface area contributed by atoms with Gasteiger partial charge in [-0.15, -0.1) is 0 Å². The summed E-state index contributed by atoms with van der Waals surface area (Å²) in [6.45, 7) is 2.61. The van der Waals surface area contributed by atoms with E-state index >= 15 is 0 Å². The monoisotopic (exact) mass is 196 g/mol. The van der Waals surface area contributed by atoms with Gasteiger partial charge in [-0.3, -0.25) is 0 Å². The first-order valence-electron chi connectivity index (χ1n) is 4.01. The van der Waals surface area contributed by atoms with Crippen molar-refractivity contribution in [2.24, 2.45) is 5.73 Å². The van der Waals surface area contributed by atoms with Crippen molar-refractivity contribution in [2.75, 3.05) is 11.9 Å². The maximum atomic E-state index is 5.31. The molecule has 0 fully saturated rings. The summed E-state index contributed by atoms with van der Waals surface area (Å²) in [6, 6.07) is 7.46. The van der Waals surface area contributed by atoms with E-state index in [0.717, 1.165) is 11.4 Å². The highest BCUT2D eigenvalue weighted by atomic mass is 32.1. The second-order valence-electron chi connectivity index (χ2n) is 2.45. The number of hydrogen-bond donors (Lipinski definition) is 2. The Balaban J connectivity index is 2.64. The fourth-order valence-electron chi connectivity index (χ4n) is 0.943. The molecule has 70 valence electrons. The van der Waals surface area contributed by atoms with Crippen molar-refractivity contribution in [2.45, 2.75) is 6.92 Å². The van der Waals surface area contributed by atoms with Gasteiger partial charge in [0.1, 0.15) is 5.75 Å². The molecule has 1 aromatic rings. The first kappa shape index (κ1) is 9.80. The zero-order valence-electron chi connectivity index (χ0n) is 7.41. The molecular formula is C9H12N2OS. The predicted molar refractivity (Wildman–Crippen MR) is 58.0 cm³/mol. The Morgan fingerprint density at radius 1 is 1.46 bits per heavy atom. The molecule has 3 nitrogen and oxygen atoms in total. The molecule has 0 aliphatic heterocycles. The Kier molecular flexibility index (Phi) is 3.52. The van der Waals surface area contributed by atoms with Crippen LogP contribution in [-0.2, 0) is 0 Å². The van der Waals surface area contributed by atoms with Crippen LogP contribution < -0.4 is 15.8 Å². The number of nitrogens with two attached hydrogens (primary N) is 1. The van der Waals surface area contributed by atoms with Gasteiger partial charge in [0.15, 0.2) is 5.11 Å². The van der Waals surface area contributed by atoms with E-state index in [-0.39, 0.29) is 5.11 Å². The van der Waals surface area contributed by atoms with Gasteiger partial charge >= 0.3 is 0 Å². The molecule has 0 bridgehead atoms. The van der Waals surface area contributed by atoms with Crippen molar-refractivity contribution in [1.29, 1.82) is 0 Å². The van der Waals surface area contributed by atoms with Crippen molar-refractivity contribution in [3.63, 3.8) is 0 Å². The Labute approximate surface area is 82.9 Å². The molecule has 0 atom stereocenters. The van der Waals surface area contributed by atoms with Crippen molar-refractivity contribution in [1.82, 2.24) is 0 Å². The van der Waals surface area contributed by atoms with Gasteiger partial charge in [0.05, 0.1) is 6.61 Å². The van der Waals surface area contributed by atoms with Crippen LogP contribution in [0.3, 0.4) is 0 Å². The lowest BCUT2D eigenvalue weighted by Gasteiger charge is -2.05. The SMILES string of the molecule is CCOc1ccc(NC(N)=S)cc1. The minimum atomic E-state index is 0.268. The Hall–Kier alpha value is -1.29. The largest absolute Gasteiger partial charge is 0.494 e. The third kappa shape index (κ3) is 3.29. The van der Waals surface area contributed by atoms with Crippen LogP contribution in [0, 0.1) is 0 Å². The van der Waals surface area contributed by atoms with E-state index in [1.165, 1.54) is 0 Å². The van der Waals surface area contributed by atoms with Gasteiger partial charge in [-0.05, 0) is 43.4 Å². The van der Waals surface area contributed by atoms with Crippen molar-refractivity contribution in [3.8, 4) is 5.75 Å². The smallest absolute Gasteiger partial charge is 0.168 e. The highest BCUT2D eigenvalue weighted by molar-refractivity contribution is 7.80. The highest BCUT2D eigenvalue weighted by Gasteiger charge is 1.94. The lowest BCUT2D eigenvalue weighted by Crippen LogP contribution is -2.18. The molecule has 0 aliphatic rings. The lowest BCUT2D eigenvalue weighted by atomic mass is 10.3. The maximum Gasteiger partial charge on any atom is 0.168 e. The van der Waals surface area contributed by atoms with Crippen LogP contribution in [0.2, 0.25) is 0 Å². The summed E-state index contributed by atoms with van der Waals surface area (Å²) in [5, 5.41) is 3.10. The van der Waals surface area contributed by atoms with Crippen LogP contribution in [-0.4, -0.2) is 11.7 Å². The number of rotatable bonds is 3. The van der Waals surface area contributed by atoms with Crippen molar-refractivity contribution in [3.05, 3.63) is 24.3 Å². The number of thiocarbonyl (C=S) groups is 1. The molecular weight excluding hydrogens is 184 g/mol. The van der Waals surface area contributed by atoms with Gasteiger partial charge in [0, 0.05) is 5.69 Å². The molecule has 3 N–H and O–H groups in total. The molecule has 0 saturated heterocycles. The zero-order chi connectivity index (χ0) is 9.68. The normalized spacial score (nSPS) is 9.31. The molecule has 0 aromatic heterocycles. The summed E-state index contributed by atoms with van der Waals surface area (Å²) in [5.74, 6) is 0.844. The van der Waals surface area contributed by atoms with Gasteiger partial charge in [0.2, 0.25) is 0 Å². The molecule has 4 heteroatoms. The van der Waals surface area contributed by atoms with Crippen LogP contribution in [0.15, 0.2) is 24.3 Å². The fraction of sp³-hybridized carbons (Fsp3) is 0.222. The van der Waals surface area contributed by atoms with Crippen molar-refractivity contribution < 1.29 is 4.74 Å². The number of anilines is 1. The topological polar surface area (TPSA) is 47.3 Å². The van der Waals surface area contributed by atoms with E-state index in [1.807, 2.05) is 31.2 Å². The van der Waals surface area contributed by atoms with Gasteiger partial charge in [-0.1, -0.05) is 0 Å². The van der Waals surface area contributed by atoms with E-state index in [9.17, 15) is 0 Å². The molecule has 1 aromatic carbocycles. The van der Waals surface area contributed by atoms with E-state index in [2.05, 4.69) is 5.32 Å². The molecule has 13 heavy (non-hydrogen) atoms. The standard InChI is InChI=1S/C9H12N2OS/c1-2-12-8-5-3-7(4-6-8)11-9(10)13/h3-6H,2H2,1H3,(H3,10,11,13). The van der Waals surface area contributed by atoms with Gasteiger partial charge in [0.25, 0.3) is 0 Å². The summed E-state index contributed by atoms with van der Waals surface area (Å²) >= 11 is 4.70. The van der Waals surface area contributed by atoms with Gasteiger partial charge < -0.3 is 15.8 Å². The fourth-order valence-corrected chi connectivity index (χ4v) is 1.06. The summed E-state index contributed by atoms with van der Waals surface area (Å²) < 4.78 is 5.27. The Bertz CT molecular complexity index is 284. The van der Waals surface area contributed by atoms with Gasteiger partial charge in [-0.25, -0.2) is 0 Å². The third-order valence-corrected chi connectivity index (χ3v) is 1.53. The van der Waals surface area contributed by atoms with E-state index in [4.69, 9.17) is 22.7 Å². The van der Waals surface area contributed by atoms with Crippen LogP contribution in [0.5, 0.6) is 5.75 Å². The van der Waals surface area contributed by atoms with Crippen molar-refractivity contribution >= 4 is 23.0 Å². The van der Waals surface area contributed by atoms with Crippen LogP contribution >= 0.6 is 12.2 Å². The molecule has 0 aliphatic carbocycles. The number of ether oxygens (including phenoxy) is 1. The molecule has 0 saturated carbocycles. The highest BCUT2D eigenvalue weighted by Crippen LogP contribution is 2.15. The quantitative estimate of drug-likeness (QED) is 0.723. The summed E-state index contributed by atoms with van der Waals surface area (Å²) in [4.78, 5) is 0. The third-order valence-electron chi connectivity index (χ3n) is 1.43. The summed E-state index contributed by atoms with van der Waals surface area (Å²) in [7, 11) is 0. The van der Waals surface area contributed by atoms with E-state index in [1.54, 1.807) is 0 Å². The molecule has 0 unspecified atom stereocenters. The second kappa shape index (κ2) is 4.67. The van der Waals surface area contributed by atoms with Gasteiger partial charge in [-0.2, -0.15) is 0 Å². The number of benzene rings is 1. The average molecular weight is 196 g/mol. The van der Waals surface area contributed by atoms with Crippen LogP contribution in [0.25, 0.3) is 0 Å². The summed E-state index contributed by atoms with van der Waals surface area (Å²) in [5.41, 5.74) is 6.18. The lowest BCUT2D eigenvalue weighted by molar-refractivity contribution is 0.340. The van der Waals surface area contributed by atoms with Crippen LogP contribution in [0.1, 0.15) is 6.92 Å². The molecule has 0 spiro atoms. The Morgan fingerprint density at radius 2 is 2.08 bits per heavy atom. The maximum absolute atomic E-state index is 5.31. The molecule has 0 radical (unpaired) electrons. The molecule has 0 amide bonds. The first-order valence-corrected chi connectivity index (χ1v) is 4.42. The minimum absolute atomic E-state index is 0.268. The minimum Gasteiger partial charge on any atom is -0.494 e. The zero-order valence-corrected chi connectivity index (χ0v) is 8.23. The van der Waals surface area contributed by atoms with E-state index < -0.39 is 0 Å². The first-order chi connectivity index (χ1) is 6.22.